The minimum atomic E-state index is 0.258. The van der Waals surface area contributed by atoms with Crippen molar-refractivity contribution in [2.24, 2.45) is 11.8 Å². The van der Waals surface area contributed by atoms with Gasteiger partial charge in [-0.25, -0.2) is 0 Å². The Balaban J connectivity index is 1.79. The Morgan fingerprint density at radius 1 is 1.20 bits per heavy atom. The van der Waals surface area contributed by atoms with E-state index in [0.29, 0.717) is 18.4 Å². The molecule has 20 heavy (non-hydrogen) atoms. The van der Waals surface area contributed by atoms with Crippen molar-refractivity contribution in [1.82, 2.24) is 5.32 Å². The van der Waals surface area contributed by atoms with E-state index < -0.39 is 0 Å². The molecular weight excluding hydrogens is 266 g/mol. The third-order valence-corrected chi connectivity index (χ3v) is 5.92. The van der Waals surface area contributed by atoms with Crippen LogP contribution in [0.2, 0.25) is 0 Å². The lowest BCUT2D eigenvalue weighted by Gasteiger charge is -2.30. The molecule has 1 heterocycles. The lowest BCUT2D eigenvalue weighted by Crippen LogP contribution is -2.32. The maximum absolute atomic E-state index is 9.44. The van der Waals surface area contributed by atoms with Crippen LogP contribution in [0.1, 0.15) is 56.2 Å². The molecular formula is C17H29NOS. The molecule has 1 aliphatic carbocycles. The van der Waals surface area contributed by atoms with Crippen molar-refractivity contribution in [3.63, 3.8) is 0 Å². The first-order chi connectivity index (χ1) is 9.50. The SMILES string of the molecule is CC(C)(C)c1ccc(CNCC2CCCCC2CO)s1. The maximum Gasteiger partial charge on any atom is 0.0462 e. The molecule has 2 nitrogen and oxygen atoms in total. The number of aliphatic hydroxyl groups excluding tert-OH is 1. The zero-order valence-corrected chi connectivity index (χ0v) is 13.9. The summed E-state index contributed by atoms with van der Waals surface area (Å²) in [4.78, 5) is 2.88. The van der Waals surface area contributed by atoms with Crippen LogP contribution in [0.3, 0.4) is 0 Å². The Morgan fingerprint density at radius 2 is 1.90 bits per heavy atom. The predicted octanol–water partition coefficient (Wildman–Crippen LogP) is 3.93. The molecule has 2 N–H and O–H groups in total. The van der Waals surface area contributed by atoms with Gasteiger partial charge in [0.2, 0.25) is 0 Å². The zero-order chi connectivity index (χ0) is 14.6. The van der Waals surface area contributed by atoms with Crippen LogP contribution < -0.4 is 5.32 Å². The molecule has 0 radical (unpaired) electrons. The average molecular weight is 295 g/mol. The van der Waals surface area contributed by atoms with Crippen LogP contribution in [0, 0.1) is 11.8 Å². The Labute approximate surface area is 127 Å². The van der Waals surface area contributed by atoms with Crippen LogP contribution >= 0.6 is 11.3 Å². The van der Waals surface area contributed by atoms with Gasteiger partial charge in [-0.05, 0) is 48.8 Å². The van der Waals surface area contributed by atoms with E-state index in [9.17, 15) is 5.11 Å². The topological polar surface area (TPSA) is 32.3 Å². The van der Waals surface area contributed by atoms with Crippen LogP contribution in [0.25, 0.3) is 0 Å². The molecule has 1 saturated carbocycles. The van der Waals surface area contributed by atoms with Crippen LogP contribution in [-0.4, -0.2) is 18.3 Å². The predicted molar refractivity (Wildman–Crippen MR) is 87.3 cm³/mol. The van der Waals surface area contributed by atoms with Crippen molar-refractivity contribution >= 4 is 11.3 Å². The molecule has 0 spiro atoms. The highest BCUT2D eigenvalue weighted by Crippen LogP contribution is 2.30. The molecule has 1 aliphatic rings. The molecule has 2 atom stereocenters. The summed E-state index contributed by atoms with van der Waals surface area (Å²) in [6.07, 6.45) is 5.10. The van der Waals surface area contributed by atoms with Crippen LogP contribution in [0.15, 0.2) is 12.1 Å². The first-order valence-corrected chi connectivity index (χ1v) is 8.73. The van der Waals surface area contributed by atoms with Gasteiger partial charge in [-0.1, -0.05) is 33.6 Å². The Morgan fingerprint density at radius 3 is 2.50 bits per heavy atom. The van der Waals surface area contributed by atoms with Gasteiger partial charge in [0.25, 0.3) is 0 Å². The fraction of sp³-hybridized carbons (Fsp3) is 0.765. The Hall–Kier alpha value is -0.380. The largest absolute Gasteiger partial charge is 0.396 e. The van der Waals surface area contributed by atoms with Gasteiger partial charge in [-0.15, -0.1) is 11.3 Å². The number of rotatable bonds is 5. The molecule has 0 saturated heterocycles. The molecule has 0 amide bonds. The highest BCUT2D eigenvalue weighted by atomic mass is 32.1. The number of nitrogens with one attached hydrogen (secondary N) is 1. The van der Waals surface area contributed by atoms with E-state index in [1.54, 1.807) is 0 Å². The van der Waals surface area contributed by atoms with Crippen molar-refractivity contribution in [2.75, 3.05) is 13.2 Å². The zero-order valence-electron chi connectivity index (χ0n) is 13.1. The first kappa shape index (κ1) is 16.0. The number of hydrogen-bond acceptors (Lipinski definition) is 3. The average Bonchev–Trinajstić information content (AvgIpc) is 2.88. The minimum absolute atomic E-state index is 0.258. The van der Waals surface area contributed by atoms with Gasteiger partial charge in [0.05, 0.1) is 0 Å². The van der Waals surface area contributed by atoms with Gasteiger partial charge in [0.1, 0.15) is 0 Å². The molecule has 1 fully saturated rings. The van der Waals surface area contributed by atoms with E-state index in [-0.39, 0.29) is 5.41 Å². The summed E-state index contributed by atoms with van der Waals surface area (Å²) in [7, 11) is 0. The van der Waals surface area contributed by atoms with Gasteiger partial charge >= 0.3 is 0 Å². The number of hydrogen-bond donors (Lipinski definition) is 2. The highest BCUT2D eigenvalue weighted by Gasteiger charge is 2.24. The monoisotopic (exact) mass is 295 g/mol. The van der Waals surface area contributed by atoms with Gasteiger partial charge in [0, 0.05) is 22.9 Å². The van der Waals surface area contributed by atoms with Gasteiger partial charge in [0.15, 0.2) is 0 Å². The minimum Gasteiger partial charge on any atom is -0.396 e. The van der Waals surface area contributed by atoms with Gasteiger partial charge in [-0.3, -0.25) is 0 Å². The summed E-state index contributed by atoms with van der Waals surface area (Å²) in [5.41, 5.74) is 0.258. The molecule has 2 rings (SSSR count). The second kappa shape index (κ2) is 7.06. The smallest absolute Gasteiger partial charge is 0.0462 e. The first-order valence-electron chi connectivity index (χ1n) is 7.91. The van der Waals surface area contributed by atoms with E-state index in [0.717, 1.165) is 13.1 Å². The fourth-order valence-electron chi connectivity index (χ4n) is 3.05. The van der Waals surface area contributed by atoms with Crippen molar-refractivity contribution in [3.05, 3.63) is 21.9 Å². The highest BCUT2D eigenvalue weighted by molar-refractivity contribution is 7.12. The second-order valence-corrected chi connectivity index (χ2v) is 8.30. The van der Waals surface area contributed by atoms with E-state index in [4.69, 9.17) is 0 Å². The van der Waals surface area contributed by atoms with Crippen molar-refractivity contribution in [1.29, 1.82) is 0 Å². The quantitative estimate of drug-likeness (QED) is 0.862. The normalized spacial score (nSPS) is 24.0. The third-order valence-electron chi connectivity index (χ3n) is 4.41. The second-order valence-electron chi connectivity index (χ2n) is 7.13. The van der Waals surface area contributed by atoms with Crippen LogP contribution in [0.4, 0.5) is 0 Å². The van der Waals surface area contributed by atoms with E-state index >= 15 is 0 Å². The molecule has 1 aromatic heterocycles. The lowest BCUT2D eigenvalue weighted by atomic mass is 9.79. The molecule has 0 aliphatic heterocycles. The van der Waals surface area contributed by atoms with E-state index in [1.165, 1.54) is 35.4 Å². The summed E-state index contributed by atoms with van der Waals surface area (Å²) < 4.78 is 0. The van der Waals surface area contributed by atoms with Crippen LogP contribution in [-0.2, 0) is 12.0 Å². The number of aliphatic hydroxyl groups is 1. The summed E-state index contributed by atoms with van der Waals surface area (Å²) in [5, 5.41) is 13.0. The van der Waals surface area contributed by atoms with E-state index in [2.05, 4.69) is 38.2 Å². The number of thiophene rings is 1. The maximum atomic E-state index is 9.44. The molecule has 3 heteroatoms. The standard InChI is InChI=1S/C17H29NOS/c1-17(2,3)16-9-8-15(20-16)11-18-10-13-6-4-5-7-14(13)12-19/h8-9,13-14,18-19H,4-7,10-12H2,1-3H3. The molecule has 0 aromatic carbocycles. The summed E-state index contributed by atoms with van der Waals surface area (Å²) >= 11 is 1.92. The van der Waals surface area contributed by atoms with Gasteiger partial charge in [-0.2, -0.15) is 0 Å². The van der Waals surface area contributed by atoms with Crippen LogP contribution in [0.5, 0.6) is 0 Å². The summed E-state index contributed by atoms with van der Waals surface area (Å²) in [6.45, 7) is 9.18. The Bertz CT molecular complexity index is 407. The summed E-state index contributed by atoms with van der Waals surface area (Å²) in [5.74, 6) is 1.18. The third kappa shape index (κ3) is 4.31. The molecule has 0 bridgehead atoms. The molecule has 1 aromatic rings. The summed E-state index contributed by atoms with van der Waals surface area (Å²) in [6, 6.07) is 4.52. The van der Waals surface area contributed by atoms with Crippen molar-refractivity contribution < 1.29 is 5.11 Å². The van der Waals surface area contributed by atoms with E-state index in [1.807, 2.05) is 11.3 Å². The van der Waals surface area contributed by atoms with Crippen molar-refractivity contribution in [2.45, 2.75) is 58.4 Å². The van der Waals surface area contributed by atoms with Gasteiger partial charge < -0.3 is 10.4 Å². The lowest BCUT2D eigenvalue weighted by molar-refractivity contribution is 0.133. The fourth-order valence-corrected chi connectivity index (χ4v) is 4.09. The molecule has 2 unspecified atom stereocenters. The van der Waals surface area contributed by atoms with Crippen molar-refractivity contribution in [3.8, 4) is 0 Å². The molecule has 114 valence electrons. The Kier molecular flexibility index (Phi) is 5.65.